The molecular formula is C34H65N5O7S2. The zero-order valence-electron chi connectivity index (χ0n) is 30.2. The number of hydrogen-bond donors (Lipinski definition) is 3. The van der Waals surface area contributed by atoms with Crippen LogP contribution in [0.4, 0.5) is 0 Å². The molecule has 12 nitrogen and oxygen atoms in total. The van der Waals surface area contributed by atoms with Crippen LogP contribution >= 0.6 is 0 Å². The number of carbonyl (C=O) groups is 2. The summed E-state index contributed by atoms with van der Waals surface area (Å²) >= 11 is 0. The largest absolute Gasteiger partial charge is 0.390 e. The number of hydrogen-bond acceptors (Lipinski definition) is 8. The van der Waals surface area contributed by atoms with E-state index in [4.69, 9.17) is 0 Å². The first-order valence-corrected chi connectivity index (χ1v) is 21.7. The first-order valence-electron chi connectivity index (χ1n) is 18.7. The zero-order valence-corrected chi connectivity index (χ0v) is 31.9. The van der Waals surface area contributed by atoms with Gasteiger partial charge in [-0.05, 0) is 57.3 Å². The van der Waals surface area contributed by atoms with Gasteiger partial charge in [-0.25, -0.2) is 26.1 Å². The predicted molar refractivity (Wildman–Crippen MR) is 190 cm³/mol. The zero-order chi connectivity index (χ0) is 35.5. The summed E-state index contributed by atoms with van der Waals surface area (Å²) in [4.78, 5) is 32.4. The smallest absolute Gasteiger partial charge is 0.227 e. The lowest BCUT2D eigenvalue weighted by Gasteiger charge is -2.38. The van der Waals surface area contributed by atoms with E-state index in [-0.39, 0.29) is 37.6 Å². The quantitative estimate of drug-likeness (QED) is 0.182. The van der Waals surface area contributed by atoms with Gasteiger partial charge in [0.25, 0.3) is 0 Å². The summed E-state index contributed by atoms with van der Waals surface area (Å²) in [5.41, 5.74) is 0. The van der Waals surface area contributed by atoms with Crippen molar-refractivity contribution in [3.05, 3.63) is 0 Å². The van der Waals surface area contributed by atoms with E-state index in [0.717, 1.165) is 64.2 Å². The number of likely N-dealkylation sites (N-methyl/N-ethyl adjacent to an activating group) is 1. The Labute approximate surface area is 291 Å². The molecular weight excluding hydrogens is 655 g/mol. The van der Waals surface area contributed by atoms with Crippen molar-refractivity contribution < 1.29 is 31.5 Å². The van der Waals surface area contributed by atoms with Crippen molar-refractivity contribution in [1.29, 1.82) is 0 Å². The molecule has 0 heterocycles. The summed E-state index contributed by atoms with van der Waals surface area (Å²) in [5, 5.41) is 14.9. The molecule has 5 atom stereocenters. The van der Waals surface area contributed by atoms with Gasteiger partial charge in [0, 0.05) is 52.1 Å². The number of carbonyl (C=O) groups excluding carboxylic acids is 2. The Kier molecular flexibility index (Phi) is 16.6. The molecule has 2 amide bonds. The topological polar surface area (TPSA) is 156 Å². The Bertz CT molecular complexity index is 1210. The molecule has 0 saturated heterocycles. The van der Waals surface area contributed by atoms with Crippen LogP contribution in [-0.2, 0) is 29.6 Å². The number of nitrogens with zero attached hydrogens (tertiary/aromatic N) is 3. The highest BCUT2D eigenvalue weighted by Gasteiger charge is 2.44. The Morgan fingerprint density at radius 3 is 1.90 bits per heavy atom. The third-order valence-corrected chi connectivity index (χ3v) is 14.9. The Hall–Kier alpha value is -1.32. The molecule has 14 heteroatoms. The maximum absolute atomic E-state index is 14.1. The molecule has 0 aromatic heterocycles. The lowest BCUT2D eigenvalue weighted by molar-refractivity contribution is -0.138. The van der Waals surface area contributed by atoms with E-state index in [1.165, 1.54) is 23.4 Å². The van der Waals surface area contributed by atoms with Crippen LogP contribution in [0, 0.1) is 17.8 Å². The van der Waals surface area contributed by atoms with Crippen LogP contribution in [0.25, 0.3) is 0 Å². The second kappa shape index (κ2) is 19.3. The van der Waals surface area contributed by atoms with Crippen molar-refractivity contribution in [2.45, 2.75) is 146 Å². The molecule has 3 N–H and O–H groups in total. The third kappa shape index (κ3) is 11.6. The second-order valence-corrected chi connectivity index (χ2v) is 19.1. The Morgan fingerprint density at radius 2 is 1.35 bits per heavy atom. The van der Waals surface area contributed by atoms with Gasteiger partial charge in [-0.2, -0.15) is 0 Å². The van der Waals surface area contributed by atoms with Gasteiger partial charge >= 0.3 is 0 Å². The van der Waals surface area contributed by atoms with Crippen molar-refractivity contribution in [2.75, 3.05) is 40.3 Å². The summed E-state index contributed by atoms with van der Waals surface area (Å²) in [6, 6.07) is -0.648. The van der Waals surface area contributed by atoms with E-state index in [1.54, 1.807) is 4.90 Å². The Balaban J connectivity index is 1.82. The fourth-order valence-corrected chi connectivity index (χ4v) is 11.2. The van der Waals surface area contributed by atoms with Crippen LogP contribution in [0.2, 0.25) is 0 Å². The van der Waals surface area contributed by atoms with Gasteiger partial charge < -0.3 is 15.3 Å². The van der Waals surface area contributed by atoms with E-state index in [9.17, 15) is 31.5 Å². The van der Waals surface area contributed by atoms with E-state index < -0.39 is 54.5 Å². The van der Waals surface area contributed by atoms with Crippen molar-refractivity contribution >= 4 is 31.9 Å². The molecule has 3 fully saturated rings. The van der Waals surface area contributed by atoms with Gasteiger partial charge in [0.1, 0.15) is 0 Å². The molecule has 3 aliphatic rings. The van der Waals surface area contributed by atoms with Gasteiger partial charge in [-0.1, -0.05) is 72.1 Å². The average molecular weight is 720 g/mol. The van der Waals surface area contributed by atoms with Gasteiger partial charge in [0.05, 0.1) is 22.6 Å². The van der Waals surface area contributed by atoms with E-state index in [0.29, 0.717) is 44.8 Å². The minimum atomic E-state index is -3.74. The lowest BCUT2D eigenvalue weighted by atomic mass is 9.79. The van der Waals surface area contributed by atoms with Gasteiger partial charge in [-0.3, -0.25) is 9.59 Å². The maximum Gasteiger partial charge on any atom is 0.227 e. The van der Waals surface area contributed by atoms with Crippen LogP contribution in [0.3, 0.4) is 0 Å². The molecule has 48 heavy (non-hydrogen) atoms. The molecule has 0 aromatic carbocycles. The highest BCUT2D eigenvalue weighted by atomic mass is 32.2. The molecule has 3 aliphatic carbocycles. The molecule has 0 bridgehead atoms. The molecule has 3 saturated carbocycles. The standard InChI is InChI=1S/C34H65N5O7S2/c1-6-19-38(20-7-2)34(42)28-22-27(23-30(24-28)48(45,46)37(4)5)33(41)35-31(21-26-15-11-9-12-16-26)32(40)25-39(8-3)36-47(43,44)29-17-13-10-14-18-29/h26-32,36,40H,6-25H2,1-5H3,(H,35,41). The first-order chi connectivity index (χ1) is 22.7. The van der Waals surface area contributed by atoms with Crippen LogP contribution in [-0.4, -0.2) is 111 Å². The fourth-order valence-electron chi connectivity index (χ4n) is 7.96. The molecule has 0 aliphatic heterocycles. The highest BCUT2D eigenvalue weighted by molar-refractivity contribution is 7.90. The highest BCUT2D eigenvalue weighted by Crippen LogP contribution is 2.36. The normalized spacial score (nSPS) is 24.8. The molecule has 0 aromatic rings. The molecule has 3 rings (SSSR count). The number of aliphatic hydroxyl groups is 1. The van der Waals surface area contributed by atoms with Crippen LogP contribution in [0.1, 0.15) is 124 Å². The maximum atomic E-state index is 14.1. The lowest BCUT2D eigenvalue weighted by Crippen LogP contribution is -2.55. The molecule has 0 spiro atoms. The van der Waals surface area contributed by atoms with Crippen molar-refractivity contribution in [2.24, 2.45) is 17.8 Å². The van der Waals surface area contributed by atoms with Crippen molar-refractivity contribution in [3.8, 4) is 0 Å². The van der Waals surface area contributed by atoms with E-state index in [2.05, 4.69) is 10.1 Å². The van der Waals surface area contributed by atoms with Gasteiger partial charge in [0.2, 0.25) is 31.9 Å². The van der Waals surface area contributed by atoms with Crippen LogP contribution in [0.5, 0.6) is 0 Å². The monoisotopic (exact) mass is 719 g/mol. The van der Waals surface area contributed by atoms with Gasteiger partial charge in [-0.15, -0.1) is 4.83 Å². The average Bonchev–Trinajstić information content (AvgIpc) is 3.07. The van der Waals surface area contributed by atoms with Gasteiger partial charge in [0.15, 0.2) is 0 Å². The number of hydrazine groups is 1. The summed E-state index contributed by atoms with van der Waals surface area (Å²) in [5.74, 6) is -1.45. The van der Waals surface area contributed by atoms with Crippen LogP contribution in [0.15, 0.2) is 0 Å². The number of rotatable bonds is 18. The van der Waals surface area contributed by atoms with Crippen LogP contribution < -0.4 is 10.1 Å². The second-order valence-electron chi connectivity index (χ2n) is 14.7. The molecule has 5 unspecified atom stereocenters. The third-order valence-electron chi connectivity index (χ3n) is 10.8. The summed E-state index contributed by atoms with van der Waals surface area (Å²) in [7, 11) is -4.38. The molecule has 0 radical (unpaired) electrons. The van der Waals surface area contributed by atoms with E-state index in [1.807, 2.05) is 20.8 Å². The first kappa shape index (κ1) is 41.1. The summed E-state index contributed by atoms with van der Waals surface area (Å²) < 4.78 is 54.3. The SMILES string of the molecule is CCCN(CCC)C(=O)C1CC(C(=O)NC(CC2CCCCC2)C(O)CN(CC)NS(=O)(=O)C2CCCCC2)CC(S(=O)(=O)N(C)C)C1. The summed E-state index contributed by atoms with van der Waals surface area (Å²) in [6.45, 7) is 7.35. The Morgan fingerprint density at radius 1 is 0.792 bits per heavy atom. The number of nitrogens with one attached hydrogen (secondary N) is 2. The minimum absolute atomic E-state index is 0.00647. The molecule has 280 valence electrons. The summed E-state index contributed by atoms with van der Waals surface area (Å²) in [6.07, 6.45) is 11.0. The number of amides is 2. The van der Waals surface area contributed by atoms with Crippen molar-refractivity contribution in [1.82, 2.24) is 24.4 Å². The minimum Gasteiger partial charge on any atom is -0.390 e. The predicted octanol–water partition coefficient (Wildman–Crippen LogP) is 3.62. The van der Waals surface area contributed by atoms with E-state index >= 15 is 0 Å². The fraction of sp³-hybridized carbons (Fsp3) is 0.941. The van der Waals surface area contributed by atoms with Crippen molar-refractivity contribution in [3.63, 3.8) is 0 Å². The number of sulfonamides is 2. The number of aliphatic hydroxyl groups excluding tert-OH is 1.